The summed E-state index contributed by atoms with van der Waals surface area (Å²) in [5.74, 6) is 0.244. The first kappa shape index (κ1) is 21.4. The molecule has 1 aliphatic rings. The van der Waals surface area contributed by atoms with Gasteiger partial charge >= 0.3 is 5.69 Å². The maximum absolute atomic E-state index is 13.0. The molecule has 0 aliphatic carbocycles. The summed E-state index contributed by atoms with van der Waals surface area (Å²) in [5.41, 5.74) is 8.09. The van der Waals surface area contributed by atoms with E-state index < -0.39 is 11.8 Å². The maximum Gasteiger partial charge on any atom is 0.343 e. The number of aromatic amines is 1. The molecule has 0 atom stereocenters. The largest absolute Gasteiger partial charge is 0.369 e. The summed E-state index contributed by atoms with van der Waals surface area (Å²) in [6.07, 6.45) is -1.99. The Morgan fingerprint density at radius 2 is 1.90 bits per heavy atom. The minimum absolute atomic E-state index is 0.163. The molecule has 1 aromatic carbocycles. The van der Waals surface area contributed by atoms with Crippen molar-refractivity contribution in [2.45, 2.75) is 13.0 Å². The second-order valence-electron chi connectivity index (χ2n) is 7.36. The Morgan fingerprint density at radius 3 is 2.58 bits per heavy atom. The SMILES string of the molecule is NCC(Cc1n[nH]c(=O)n1Cc1cc(-c2ccc(N3CCNCC3)cc2)cs1)=C(F)F. The van der Waals surface area contributed by atoms with E-state index in [2.05, 4.69) is 44.7 Å². The number of benzene rings is 1. The van der Waals surface area contributed by atoms with Gasteiger partial charge in [-0.1, -0.05) is 12.1 Å². The predicted molar refractivity (Wildman–Crippen MR) is 119 cm³/mol. The molecule has 0 saturated carbocycles. The van der Waals surface area contributed by atoms with Gasteiger partial charge in [0.25, 0.3) is 6.08 Å². The van der Waals surface area contributed by atoms with Crippen LogP contribution in [0.3, 0.4) is 0 Å². The van der Waals surface area contributed by atoms with Gasteiger partial charge in [0.05, 0.1) is 6.54 Å². The van der Waals surface area contributed by atoms with Gasteiger partial charge in [0.2, 0.25) is 0 Å². The molecule has 31 heavy (non-hydrogen) atoms. The second kappa shape index (κ2) is 9.54. The van der Waals surface area contributed by atoms with Crippen molar-refractivity contribution in [1.82, 2.24) is 20.1 Å². The Hall–Kier alpha value is -2.82. The lowest BCUT2D eigenvalue weighted by atomic mass is 10.1. The molecule has 0 unspecified atom stereocenters. The quantitative estimate of drug-likeness (QED) is 0.519. The summed E-state index contributed by atoms with van der Waals surface area (Å²) in [7, 11) is 0. The number of anilines is 1. The summed E-state index contributed by atoms with van der Waals surface area (Å²) >= 11 is 1.52. The van der Waals surface area contributed by atoms with Gasteiger partial charge in [-0.25, -0.2) is 9.89 Å². The summed E-state index contributed by atoms with van der Waals surface area (Å²) in [6, 6.07) is 10.5. The number of hydrogen-bond donors (Lipinski definition) is 3. The normalized spacial score (nSPS) is 14.1. The van der Waals surface area contributed by atoms with Crippen LogP contribution in [0.25, 0.3) is 11.1 Å². The Bertz CT molecular complexity index is 1110. The van der Waals surface area contributed by atoms with Gasteiger partial charge in [0.1, 0.15) is 5.82 Å². The molecule has 1 saturated heterocycles. The molecule has 1 fully saturated rings. The number of nitrogens with zero attached hydrogens (tertiary/aromatic N) is 3. The van der Waals surface area contributed by atoms with E-state index in [0.717, 1.165) is 42.2 Å². The Kier molecular flexibility index (Phi) is 6.59. The van der Waals surface area contributed by atoms with Crippen molar-refractivity contribution in [1.29, 1.82) is 0 Å². The molecule has 0 spiro atoms. The van der Waals surface area contributed by atoms with E-state index in [1.165, 1.54) is 21.6 Å². The standard InChI is InChI=1S/C21H24F2N6OS/c22-20(23)15(11-24)10-19-26-27-21(30)29(19)12-18-9-16(13-31-18)14-1-3-17(4-2-14)28-7-5-25-6-8-28/h1-4,9,13,25H,5-8,10-12,24H2,(H,27,30). The third kappa shape index (κ3) is 4.92. The van der Waals surface area contributed by atoms with Crippen LogP contribution in [0, 0.1) is 0 Å². The van der Waals surface area contributed by atoms with Crippen molar-refractivity contribution in [3.05, 3.63) is 68.6 Å². The Labute approximate surface area is 182 Å². The molecule has 1 aliphatic heterocycles. The zero-order valence-electron chi connectivity index (χ0n) is 16.9. The number of thiophene rings is 1. The zero-order valence-corrected chi connectivity index (χ0v) is 17.7. The minimum atomic E-state index is -1.83. The van der Waals surface area contributed by atoms with Crippen LogP contribution in [-0.2, 0) is 13.0 Å². The van der Waals surface area contributed by atoms with Crippen molar-refractivity contribution in [2.75, 3.05) is 37.6 Å². The van der Waals surface area contributed by atoms with Crippen LogP contribution >= 0.6 is 11.3 Å². The molecule has 10 heteroatoms. The van der Waals surface area contributed by atoms with Crippen molar-refractivity contribution in [3.63, 3.8) is 0 Å². The molecule has 3 heterocycles. The average Bonchev–Trinajstić information content (AvgIpc) is 3.40. The average molecular weight is 447 g/mol. The van der Waals surface area contributed by atoms with Crippen molar-refractivity contribution < 1.29 is 8.78 Å². The second-order valence-corrected chi connectivity index (χ2v) is 8.36. The fourth-order valence-electron chi connectivity index (χ4n) is 3.61. The highest BCUT2D eigenvalue weighted by Gasteiger charge is 2.15. The fourth-order valence-corrected chi connectivity index (χ4v) is 4.49. The minimum Gasteiger partial charge on any atom is -0.369 e. The van der Waals surface area contributed by atoms with Gasteiger partial charge in [-0.15, -0.1) is 11.3 Å². The topological polar surface area (TPSA) is 92.0 Å². The molecule has 2 aromatic heterocycles. The first-order valence-electron chi connectivity index (χ1n) is 10.1. The number of nitrogens with two attached hydrogens (primary N) is 1. The molecule has 0 amide bonds. The number of piperazine rings is 1. The van der Waals surface area contributed by atoms with Crippen LogP contribution in [0.4, 0.5) is 14.5 Å². The molecule has 0 bridgehead atoms. The summed E-state index contributed by atoms with van der Waals surface area (Å²) in [5, 5.41) is 11.6. The first-order chi connectivity index (χ1) is 15.0. The third-order valence-electron chi connectivity index (χ3n) is 5.37. The highest BCUT2D eigenvalue weighted by molar-refractivity contribution is 7.10. The van der Waals surface area contributed by atoms with E-state index in [1.54, 1.807) is 0 Å². The summed E-state index contributed by atoms with van der Waals surface area (Å²) in [4.78, 5) is 15.4. The van der Waals surface area contributed by atoms with Crippen LogP contribution in [-0.4, -0.2) is 47.5 Å². The van der Waals surface area contributed by atoms with Crippen molar-refractivity contribution >= 4 is 17.0 Å². The van der Waals surface area contributed by atoms with Crippen LogP contribution < -0.4 is 21.6 Å². The van der Waals surface area contributed by atoms with Gasteiger partial charge < -0.3 is 16.0 Å². The molecular weight excluding hydrogens is 422 g/mol. The van der Waals surface area contributed by atoms with E-state index >= 15 is 0 Å². The van der Waals surface area contributed by atoms with Gasteiger partial charge in [-0.2, -0.15) is 13.9 Å². The number of rotatable bonds is 7. The van der Waals surface area contributed by atoms with Gasteiger partial charge in [-0.3, -0.25) is 4.57 Å². The van der Waals surface area contributed by atoms with E-state index in [4.69, 9.17) is 5.73 Å². The lowest BCUT2D eigenvalue weighted by Crippen LogP contribution is -2.43. The highest BCUT2D eigenvalue weighted by Crippen LogP contribution is 2.28. The number of nitrogens with one attached hydrogen (secondary N) is 2. The molecular formula is C21H24F2N6OS. The molecule has 3 aromatic rings. The highest BCUT2D eigenvalue weighted by atomic mass is 32.1. The molecule has 164 valence electrons. The number of halogens is 2. The van der Waals surface area contributed by atoms with Gasteiger partial charge in [0, 0.05) is 55.3 Å². The fraction of sp³-hybridized carbons (Fsp3) is 0.333. The Balaban J connectivity index is 1.49. The smallest absolute Gasteiger partial charge is 0.343 e. The van der Waals surface area contributed by atoms with Crippen LogP contribution in [0.15, 0.2) is 52.2 Å². The number of H-pyrrole nitrogens is 1. The lowest BCUT2D eigenvalue weighted by Gasteiger charge is -2.29. The van der Waals surface area contributed by atoms with Crippen LogP contribution in [0.2, 0.25) is 0 Å². The van der Waals surface area contributed by atoms with Crippen molar-refractivity contribution in [2.24, 2.45) is 5.73 Å². The first-order valence-corrected chi connectivity index (χ1v) is 10.9. The van der Waals surface area contributed by atoms with E-state index in [9.17, 15) is 13.6 Å². The van der Waals surface area contributed by atoms with E-state index in [1.807, 2.05) is 11.4 Å². The molecule has 4 N–H and O–H groups in total. The molecule has 7 nitrogen and oxygen atoms in total. The lowest BCUT2D eigenvalue weighted by molar-refractivity contribution is 0.407. The van der Waals surface area contributed by atoms with Crippen LogP contribution in [0.5, 0.6) is 0 Å². The number of hydrogen-bond acceptors (Lipinski definition) is 6. The third-order valence-corrected chi connectivity index (χ3v) is 6.29. The van der Waals surface area contributed by atoms with E-state index in [-0.39, 0.29) is 30.9 Å². The summed E-state index contributed by atoms with van der Waals surface area (Å²) in [6.45, 7) is 3.96. The molecule has 0 radical (unpaired) electrons. The summed E-state index contributed by atoms with van der Waals surface area (Å²) < 4.78 is 27.3. The zero-order chi connectivity index (χ0) is 21.8. The van der Waals surface area contributed by atoms with Crippen LogP contribution in [0.1, 0.15) is 10.7 Å². The Morgan fingerprint density at radius 1 is 1.16 bits per heavy atom. The van der Waals surface area contributed by atoms with Gasteiger partial charge in [-0.05, 0) is 34.7 Å². The van der Waals surface area contributed by atoms with Crippen molar-refractivity contribution in [3.8, 4) is 11.1 Å². The monoisotopic (exact) mass is 446 g/mol. The van der Waals surface area contributed by atoms with E-state index in [0.29, 0.717) is 0 Å². The maximum atomic E-state index is 13.0. The predicted octanol–water partition coefficient (Wildman–Crippen LogP) is 2.41. The van der Waals surface area contributed by atoms with Gasteiger partial charge in [0.15, 0.2) is 0 Å². The number of aromatic nitrogens is 3. The molecule has 4 rings (SSSR count).